The number of rotatable bonds is 6. The molecule has 0 aromatic heterocycles. The van der Waals surface area contributed by atoms with Gasteiger partial charge in [-0.2, -0.15) is 0 Å². The monoisotopic (exact) mass is 327 g/mol. The van der Waals surface area contributed by atoms with Crippen LogP contribution in [0.2, 0.25) is 0 Å². The third kappa shape index (κ3) is 3.86. The smallest absolute Gasteiger partial charge is 0.162 e. The van der Waals surface area contributed by atoms with Crippen molar-refractivity contribution in [3.8, 4) is 11.5 Å². The third-order valence-electron chi connectivity index (χ3n) is 3.18. The van der Waals surface area contributed by atoms with Crippen LogP contribution in [0.5, 0.6) is 11.5 Å². The maximum Gasteiger partial charge on any atom is 0.162 e. The predicted molar refractivity (Wildman–Crippen MR) is 81.0 cm³/mol. The normalized spacial score (nSPS) is 13.9. The molecule has 2 rings (SSSR count). The van der Waals surface area contributed by atoms with E-state index in [-0.39, 0.29) is 0 Å². The second-order valence-corrected chi connectivity index (χ2v) is 5.72. The molecular formula is C15H22BrNO2. The summed E-state index contributed by atoms with van der Waals surface area (Å²) < 4.78 is 12.4. The van der Waals surface area contributed by atoms with E-state index in [1.807, 2.05) is 6.07 Å². The van der Waals surface area contributed by atoms with Gasteiger partial charge in [0.1, 0.15) is 13.2 Å². The number of halogens is 1. The molecule has 0 amide bonds. The summed E-state index contributed by atoms with van der Waals surface area (Å²) in [6.07, 6.45) is 2.37. The summed E-state index contributed by atoms with van der Waals surface area (Å²) in [5.41, 5.74) is 1.27. The van der Waals surface area contributed by atoms with Gasteiger partial charge in [-0.1, -0.05) is 29.8 Å². The SMILES string of the molecule is CCCN(CCC)Cc1cc2c(cc1Br)OCCO2. The van der Waals surface area contributed by atoms with E-state index in [1.54, 1.807) is 0 Å². The first kappa shape index (κ1) is 14.7. The van der Waals surface area contributed by atoms with Crippen LogP contribution in [0.25, 0.3) is 0 Å². The van der Waals surface area contributed by atoms with E-state index in [2.05, 4.69) is 40.7 Å². The summed E-state index contributed by atoms with van der Waals surface area (Å²) in [5, 5.41) is 0. The molecule has 0 radical (unpaired) electrons. The molecule has 0 fully saturated rings. The fourth-order valence-corrected chi connectivity index (χ4v) is 2.82. The molecule has 0 unspecified atom stereocenters. The Morgan fingerprint density at radius 1 is 1.05 bits per heavy atom. The molecule has 0 atom stereocenters. The lowest BCUT2D eigenvalue weighted by atomic mass is 10.1. The average molecular weight is 328 g/mol. The number of benzene rings is 1. The third-order valence-corrected chi connectivity index (χ3v) is 3.92. The molecule has 106 valence electrons. The van der Waals surface area contributed by atoms with E-state index in [4.69, 9.17) is 9.47 Å². The molecule has 0 bridgehead atoms. The Morgan fingerprint density at radius 3 is 2.21 bits per heavy atom. The zero-order valence-electron chi connectivity index (χ0n) is 11.7. The first-order chi connectivity index (χ1) is 9.24. The number of nitrogens with zero attached hydrogens (tertiary/aromatic N) is 1. The highest BCUT2D eigenvalue weighted by molar-refractivity contribution is 9.10. The molecule has 0 aliphatic carbocycles. The Kier molecular flexibility index (Phi) is 5.52. The molecule has 19 heavy (non-hydrogen) atoms. The fourth-order valence-electron chi connectivity index (χ4n) is 2.37. The van der Waals surface area contributed by atoms with E-state index in [0.717, 1.165) is 35.6 Å². The van der Waals surface area contributed by atoms with Gasteiger partial charge in [0.25, 0.3) is 0 Å². The maximum absolute atomic E-state index is 5.66. The average Bonchev–Trinajstić information content (AvgIpc) is 2.40. The topological polar surface area (TPSA) is 21.7 Å². The lowest BCUT2D eigenvalue weighted by Crippen LogP contribution is -2.25. The van der Waals surface area contributed by atoms with Crippen LogP contribution in [0, 0.1) is 0 Å². The van der Waals surface area contributed by atoms with E-state index >= 15 is 0 Å². The lowest BCUT2D eigenvalue weighted by molar-refractivity contribution is 0.171. The van der Waals surface area contributed by atoms with Crippen LogP contribution in [-0.2, 0) is 6.54 Å². The van der Waals surface area contributed by atoms with Crippen LogP contribution in [0.15, 0.2) is 16.6 Å². The van der Waals surface area contributed by atoms with Gasteiger partial charge in [-0.25, -0.2) is 0 Å². The molecule has 0 spiro atoms. The Bertz CT molecular complexity index is 417. The summed E-state index contributed by atoms with van der Waals surface area (Å²) >= 11 is 3.64. The first-order valence-corrected chi connectivity index (χ1v) is 7.84. The molecule has 1 heterocycles. The number of hydrogen-bond acceptors (Lipinski definition) is 3. The van der Waals surface area contributed by atoms with Gasteiger partial charge in [0.15, 0.2) is 11.5 Å². The van der Waals surface area contributed by atoms with Crippen molar-refractivity contribution in [2.24, 2.45) is 0 Å². The molecule has 4 heteroatoms. The van der Waals surface area contributed by atoms with Crippen molar-refractivity contribution in [1.82, 2.24) is 4.90 Å². The Morgan fingerprint density at radius 2 is 1.63 bits per heavy atom. The Balaban J connectivity index is 2.14. The quantitative estimate of drug-likeness (QED) is 0.792. The summed E-state index contributed by atoms with van der Waals surface area (Å²) in [6.45, 7) is 8.95. The highest BCUT2D eigenvalue weighted by Gasteiger charge is 2.16. The first-order valence-electron chi connectivity index (χ1n) is 7.05. The van der Waals surface area contributed by atoms with Crippen molar-refractivity contribution in [3.63, 3.8) is 0 Å². The standard InChI is InChI=1S/C15H22BrNO2/c1-3-5-17(6-4-2)11-12-9-14-15(10-13(12)16)19-8-7-18-14/h9-10H,3-8,11H2,1-2H3. The zero-order chi connectivity index (χ0) is 13.7. The fraction of sp³-hybridized carbons (Fsp3) is 0.600. The van der Waals surface area contributed by atoms with Crippen molar-refractivity contribution in [2.45, 2.75) is 33.2 Å². The zero-order valence-corrected chi connectivity index (χ0v) is 13.3. The van der Waals surface area contributed by atoms with Gasteiger partial charge in [0, 0.05) is 11.0 Å². The molecule has 3 nitrogen and oxygen atoms in total. The lowest BCUT2D eigenvalue weighted by Gasteiger charge is -2.24. The van der Waals surface area contributed by atoms with Crippen molar-refractivity contribution in [3.05, 3.63) is 22.2 Å². The maximum atomic E-state index is 5.66. The minimum Gasteiger partial charge on any atom is -0.486 e. The number of hydrogen-bond donors (Lipinski definition) is 0. The van der Waals surface area contributed by atoms with Crippen LogP contribution in [0.1, 0.15) is 32.3 Å². The van der Waals surface area contributed by atoms with Crippen molar-refractivity contribution in [2.75, 3.05) is 26.3 Å². The largest absolute Gasteiger partial charge is 0.486 e. The summed E-state index contributed by atoms with van der Waals surface area (Å²) in [6, 6.07) is 4.14. The van der Waals surface area contributed by atoms with Crippen molar-refractivity contribution >= 4 is 15.9 Å². The molecule has 0 saturated carbocycles. The van der Waals surface area contributed by atoms with Gasteiger partial charge in [0.2, 0.25) is 0 Å². The number of fused-ring (bicyclic) bond motifs is 1. The molecule has 0 N–H and O–H groups in total. The van der Waals surface area contributed by atoms with Crippen LogP contribution >= 0.6 is 15.9 Å². The predicted octanol–water partition coefficient (Wildman–Crippen LogP) is 3.84. The minimum absolute atomic E-state index is 0.635. The van der Waals surface area contributed by atoms with Crippen LogP contribution in [0.3, 0.4) is 0 Å². The Labute approximate surface area is 124 Å². The van der Waals surface area contributed by atoms with Gasteiger partial charge < -0.3 is 9.47 Å². The van der Waals surface area contributed by atoms with Gasteiger partial charge in [-0.15, -0.1) is 0 Å². The molecule has 1 aromatic carbocycles. The van der Waals surface area contributed by atoms with Gasteiger partial charge >= 0.3 is 0 Å². The van der Waals surface area contributed by atoms with Crippen LogP contribution in [-0.4, -0.2) is 31.2 Å². The van der Waals surface area contributed by atoms with E-state index in [0.29, 0.717) is 13.2 Å². The number of ether oxygens (including phenoxy) is 2. The molecule has 1 aromatic rings. The molecule has 1 aliphatic heterocycles. The summed E-state index contributed by atoms with van der Waals surface area (Å²) in [7, 11) is 0. The van der Waals surface area contributed by atoms with E-state index in [9.17, 15) is 0 Å². The van der Waals surface area contributed by atoms with E-state index in [1.165, 1.54) is 18.4 Å². The minimum atomic E-state index is 0.635. The highest BCUT2D eigenvalue weighted by Crippen LogP contribution is 2.36. The molecule has 0 saturated heterocycles. The van der Waals surface area contributed by atoms with Crippen LogP contribution in [0.4, 0.5) is 0 Å². The van der Waals surface area contributed by atoms with Crippen LogP contribution < -0.4 is 9.47 Å². The summed E-state index contributed by atoms with van der Waals surface area (Å²) in [4.78, 5) is 2.48. The highest BCUT2D eigenvalue weighted by atomic mass is 79.9. The van der Waals surface area contributed by atoms with Gasteiger partial charge in [-0.05, 0) is 43.6 Å². The summed E-state index contributed by atoms with van der Waals surface area (Å²) in [5.74, 6) is 1.72. The van der Waals surface area contributed by atoms with Gasteiger partial charge in [-0.3, -0.25) is 4.90 Å². The van der Waals surface area contributed by atoms with E-state index < -0.39 is 0 Å². The van der Waals surface area contributed by atoms with Gasteiger partial charge in [0.05, 0.1) is 0 Å². The second-order valence-electron chi connectivity index (χ2n) is 4.86. The van der Waals surface area contributed by atoms with Crippen molar-refractivity contribution in [1.29, 1.82) is 0 Å². The second kappa shape index (κ2) is 7.15. The molecular weight excluding hydrogens is 306 g/mol. The molecule has 1 aliphatic rings. The Hall–Kier alpha value is -0.740. The van der Waals surface area contributed by atoms with Crippen molar-refractivity contribution < 1.29 is 9.47 Å².